The number of hydrogen-bond acceptors (Lipinski definition) is 3. The molecule has 1 aliphatic heterocycles. The van der Waals surface area contributed by atoms with Gasteiger partial charge in [0, 0.05) is 26.3 Å². The molecule has 0 saturated carbocycles. The minimum atomic E-state index is 0.116. The lowest BCUT2D eigenvalue weighted by Gasteiger charge is -2.27. The van der Waals surface area contributed by atoms with Crippen LogP contribution in [0.4, 0.5) is 0 Å². The van der Waals surface area contributed by atoms with Crippen LogP contribution >= 0.6 is 0 Å². The molecule has 0 radical (unpaired) electrons. The second-order valence-electron chi connectivity index (χ2n) is 3.56. The number of hydrogen-bond donors (Lipinski definition) is 1. The topological polar surface area (TPSA) is 39.1 Å². The highest BCUT2D eigenvalue weighted by atomic mass is 16.5. The zero-order valence-corrected chi connectivity index (χ0v) is 8.03. The molecule has 1 aromatic rings. The number of aromatic nitrogens is 2. The summed E-state index contributed by atoms with van der Waals surface area (Å²) in [6.45, 7) is 3.87. The molecule has 1 fully saturated rings. The smallest absolute Gasteiger partial charge is 0.114 e. The van der Waals surface area contributed by atoms with E-state index in [-0.39, 0.29) is 12.2 Å². The van der Waals surface area contributed by atoms with Crippen LogP contribution in [0.15, 0.2) is 12.5 Å². The van der Waals surface area contributed by atoms with Crippen molar-refractivity contribution in [2.45, 2.75) is 19.1 Å². The summed E-state index contributed by atoms with van der Waals surface area (Å²) in [6.07, 6.45) is 4.20. The van der Waals surface area contributed by atoms with Crippen LogP contribution in [0.25, 0.3) is 0 Å². The van der Waals surface area contributed by atoms with Gasteiger partial charge in [0.2, 0.25) is 0 Å². The second-order valence-corrected chi connectivity index (χ2v) is 3.56. The van der Waals surface area contributed by atoms with Gasteiger partial charge in [0.05, 0.1) is 18.1 Å². The Hall–Kier alpha value is -0.870. The first kappa shape index (κ1) is 8.72. The molecule has 0 aromatic carbocycles. The molecule has 0 spiro atoms. The van der Waals surface area contributed by atoms with Crippen LogP contribution in [0.3, 0.4) is 0 Å². The number of nitrogens with zero attached hydrogens (tertiary/aromatic N) is 2. The van der Waals surface area contributed by atoms with Crippen LogP contribution in [-0.4, -0.2) is 28.7 Å². The molecule has 0 amide bonds. The van der Waals surface area contributed by atoms with E-state index in [0.717, 1.165) is 18.8 Å². The number of rotatable bonds is 1. The first-order chi connectivity index (χ1) is 6.25. The van der Waals surface area contributed by atoms with E-state index in [4.69, 9.17) is 4.74 Å². The molecule has 2 atom stereocenters. The van der Waals surface area contributed by atoms with Crippen molar-refractivity contribution in [3.05, 3.63) is 18.2 Å². The molecule has 13 heavy (non-hydrogen) atoms. The van der Waals surface area contributed by atoms with Crippen molar-refractivity contribution in [2.24, 2.45) is 7.05 Å². The molecule has 0 aliphatic carbocycles. The van der Waals surface area contributed by atoms with Crippen molar-refractivity contribution in [3.63, 3.8) is 0 Å². The molecule has 0 bridgehead atoms. The van der Waals surface area contributed by atoms with Gasteiger partial charge in [-0.15, -0.1) is 0 Å². The summed E-state index contributed by atoms with van der Waals surface area (Å²) in [6, 6.07) is 0. The number of nitrogens with one attached hydrogen (secondary N) is 1. The van der Waals surface area contributed by atoms with Gasteiger partial charge in [-0.05, 0) is 6.92 Å². The number of ether oxygens (including phenoxy) is 1. The molecular formula is C9H15N3O. The quantitative estimate of drug-likeness (QED) is 0.684. The highest BCUT2D eigenvalue weighted by Crippen LogP contribution is 2.18. The van der Waals surface area contributed by atoms with Crippen molar-refractivity contribution in [3.8, 4) is 0 Å². The fraction of sp³-hybridized carbons (Fsp3) is 0.667. The molecule has 1 unspecified atom stereocenters. The lowest BCUT2D eigenvalue weighted by atomic mass is 10.2. The first-order valence-corrected chi connectivity index (χ1v) is 4.60. The summed E-state index contributed by atoms with van der Waals surface area (Å²) in [5.74, 6) is 0. The van der Waals surface area contributed by atoms with Crippen molar-refractivity contribution in [1.29, 1.82) is 0 Å². The van der Waals surface area contributed by atoms with Gasteiger partial charge in [-0.25, -0.2) is 4.98 Å². The van der Waals surface area contributed by atoms with Crippen LogP contribution in [0.2, 0.25) is 0 Å². The summed E-state index contributed by atoms with van der Waals surface area (Å²) in [5, 5.41) is 3.32. The number of morpholine rings is 1. The van der Waals surface area contributed by atoms with E-state index < -0.39 is 0 Å². The molecule has 1 N–H and O–H groups in total. The number of imidazole rings is 1. The van der Waals surface area contributed by atoms with Crippen molar-refractivity contribution >= 4 is 0 Å². The molecule has 72 valence electrons. The van der Waals surface area contributed by atoms with E-state index in [2.05, 4.69) is 17.2 Å². The Balaban J connectivity index is 2.08. The predicted octanol–water partition coefficient (Wildman–Crippen LogP) is 0.469. The van der Waals surface area contributed by atoms with E-state index >= 15 is 0 Å². The first-order valence-electron chi connectivity index (χ1n) is 4.60. The summed E-state index contributed by atoms with van der Waals surface area (Å²) in [4.78, 5) is 4.27. The molecule has 1 saturated heterocycles. The Kier molecular flexibility index (Phi) is 2.33. The zero-order chi connectivity index (χ0) is 9.26. The van der Waals surface area contributed by atoms with Crippen LogP contribution in [0.5, 0.6) is 0 Å². The van der Waals surface area contributed by atoms with Crippen molar-refractivity contribution in [1.82, 2.24) is 14.9 Å². The fourth-order valence-corrected chi connectivity index (χ4v) is 1.57. The average molecular weight is 181 g/mol. The molecule has 4 heteroatoms. The fourth-order valence-electron chi connectivity index (χ4n) is 1.57. The Labute approximate surface area is 77.9 Å². The van der Waals surface area contributed by atoms with Gasteiger partial charge in [0.15, 0.2) is 0 Å². The minimum Gasteiger partial charge on any atom is -0.366 e. The third-order valence-electron chi connectivity index (χ3n) is 2.21. The van der Waals surface area contributed by atoms with Gasteiger partial charge in [-0.2, -0.15) is 0 Å². The standard InChI is InChI=1S/C9H15N3O/c1-7-3-10-4-9(13-7)8-5-12(2)6-11-8/h5-7,9-10H,3-4H2,1-2H3/t7-,9?/m1/s1. The summed E-state index contributed by atoms with van der Waals surface area (Å²) >= 11 is 0. The largest absolute Gasteiger partial charge is 0.366 e. The van der Waals surface area contributed by atoms with Gasteiger partial charge < -0.3 is 14.6 Å². The summed E-state index contributed by atoms with van der Waals surface area (Å²) in [5.41, 5.74) is 1.02. The number of aryl methyl sites for hydroxylation is 1. The van der Waals surface area contributed by atoms with Gasteiger partial charge in [-0.1, -0.05) is 0 Å². The van der Waals surface area contributed by atoms with E-state index in [1.54, 1.807) is 6.33 Å². The molecule has 2 heterocycles. The van der Waals surface area contributed by atoms with Crippen molar-refractivity contribution < 1.29 is 4.74 Å². The molecule has 2 rings (SSSR count). The normalized spacial score (nSPS) is 29.1. The minimum absolute atomic E-state index is 0.116. The van der Waals surface area contributed by atoms with E-state index in [1.807, 2.05) is 17.8 Å². The molecular weight excluding hydrogens is 166 g/mol. The maximum absolute atomic E-state index is 5.75. The van der Waals surface area contributed by atoms with Gasteiger partial charge in [-0.3, -0.25) is 0 Å². The maximum Gasteiger partial charge on any atom is 0.114 e. The Morgan fingerprint density at radius 3 is 3.08 bits per heavy atom. The monoisotopic (exact) mass is 181 g/mol. The third-order valence-corrected chi connectivity index (χ3v) is 2.21. The SMILES string of the molecule is C[C@@H]1CNCC(c2cn(C)cn2)O1. The van der Waals surface area contributed by atoms with E-state index in [0.29, 0.717) is 0 Å². The maximum atomic E-state index is 5.75. The zero-order valence-electron chi connectivity index (χ0n) is 8.03. The van der Waals surface area contributed by atoms with Crippen LogP contribution in [-0.2, 0) is 11.8 Å². The van der Waals surface area contributed by atoms with Gasteiger partial charge >= 0.3 is 0 Å². The van der Waals surface area contributed by atoms with Crippen molar-refractivity contribution in [2.75, 3.05) is 13.1 Å². The van der Waals surface area contributed by atoms with E-state index in [1.165, 1.54) is 0 Å². The molecule has 1 aliphatic rings. The summed E-state index contributed by atoms with van der Waals surface area (Å²) < 4.78 is 7.69. The molecule has 1 aromatic heterocycles. The van der Waals surface area contributed by atoms with E-state index in [9.17, 15) is 0 Å². The van der Waals surface area contributed by atoms with Gasteiger partial charge in [0.25, 0.3) is 0 Å². The predicted molar refractivity (Wildman–Crippen MR) is 49.4 cm³/mol. The summed E-state index contributed by atoms with van der Waals surface area (Å²) in [7, 11) is 1.97. The Morgan fingerprint density at radius 2 is 2.46 bits per heavy atom. The van der Waals surface area contributed by atoms with Gasteiger partial charge in [0.1, 0.15) is 6.10 Å². The highest BCUT2D eigenvalue weighted by molar-refractivity contribution is 5.03. The Morgan fingerprint density at radius 1 is 1.62 bits per heavy atom. The Bertz CT molecular complexity index is 284. The third kappa shape index (κ3) is 1.89. The lowest BCUT2D eigenvalue weighted by molar-refractivity contribution is -0.0307. The van der Waals surface area contributed by atoms with Crippen LogP contribution < -0.4 is 5.32 Å². The van der Waals surface area contributed by atoms with Crippen LogP contribution in [0.1, 0.15) is 18.7 Å². The second kappa shape index (κ2) is 3.47. The molecule has 4 nitrogen and oxygen atoms in total. The van der Waals surface area contributed by atoms with Crippen LogP contribution in [0, 0.1) is 0 Å². The lowest BCUT2D eigenvalue weighted by Crippen LogP contribution is -2.39. The average Bonchev–Trinajstić information content (AvgIpc) is 2.52. The highest BCUT2D eigenvalue weighted by Gasteiger charge is 2.21.